The molecule has 1 rings (SSSR count). The number of halogens is 1. The van der Waals surface area contributed by atoms with Gasteiger partial charge in [0.2, 0.25) is 0 Å². The summed E-state index contributed by atoms with van der Waals surface area (Å²) in [6.07, 6.45) is 3.04. The molecule has 112 valence electrons. The van der Waals surface area contributed by atoms with Gasteiger partial charge in [-0.15, -0.1) is 0 Å². The second kappa shape index (κ2) is 14.1. The number of hydrogen-bond donors (Lipinski definition) is 0. The zero-order valence-electron chi connectivity index (χ0n) is 13.7. The van der Waals surface area contributed by atoms with Crippen molar-refractivity contribution in [3.63, 3.8) is 0 Å². The first kappa shape index (κ1) is 21.0. The van der Waals surface area contributed by atoms with Gasteiger partial charge in [0.05, 0.1) is 10.7 Å². The molecule has 0 N–H and O–H groups in total. The molecule has 0 bridgehead atoms. The SMILES string of the molecule is C=C(Cl)C(=NC=C(C)C)c1ccccc1.CC.CCC. The van der Waals surface area contributed by atoms with E-state index in [-0.39, 0.29) is 0 Å². The fourth-order valence-corrected chi connectivity index (χ4v) is 1.25. The topological polar surface area (TPSA) is 12.4 Å². The van der Waals surface area contributed by atoms with Gasteiger partial charge in [0.1, 0.15) is 0 Å². The van der Waals surface area contributed by atoms with Crippen LogP contribution in [0.1, 0.15) is 53.5 Å². The van der Waals surface area contributed by atoms with Crippen LogP contribution in [0.4, 0.5) is 0 Å². The van der Waals surface area contributed by atoms with E-state index in [0.29, 0.717) is 5.03 Å². The lowest BCUT2D eigenvalue weighted by atomic mass is 10.1. The molecule has 0 saturated carbocycles. The van der Waals surface area contributed by atoms with E-state index in [4.69, 9.17) is 11.6 Å². The predicted octanol–water partition coefficient (Wildman–Crippen LogP) is 6.59. The third-order valence-corrected chi connectivity index (χ3v) is 1.94. The number of rotatable bonds is 3. The van der Waals surface area contributed by atoms with E-state index in [9.17, 15) is 0 Å². The van der Waals surface area contributed by atoms with E-state index in [1.807, 2.05) is 58.0 Å². The zero-order chi connectivity index (χ0) is 16.0. The minimum atomic E-state index is 0.457. The Kier molecular flexibility index (Phi) is 14.8. The van der Waals surface area contributed by atoms with Crippen molar-refractivity contribution in [3.05, 3.63) is 59.3 Å². The zero-order valence-corrected chi connectivity index (χ0v) is 14.5. The van der Waals surface area contributed by atoms with Crippen LogP contribution in [-0.2, 0) is 0 Å². The highest BCUT2D eigenvalue weighted by atomic mass is 35.5. The Morgan fingerprint density at radius 2 is 1.60 bits per heavy atom. The first-order valence-electron chi connectivity index (χ1n) is 7.14. The lowest BCUT2D eigenvalue weighted by Gasteiger charge is -2.02. The second-order valence-corrected chi connectivity index (χ2v) is 4.62. The van der Waals surface area contributed by atoms with E-state index < -0.39 is 0 Å². The van der Waals surface area contributed by atoms with E-state index in [1.54, 1.807) is 6.20 Å². The largest absolute Gasteiger partial charge is 0.255 e. The Hall–Kier alpha value is -1.34. The van der Waals surface area contributed by atoms with Gasteiger partial charge in [-0.2, -0.15) is 0 Å². The van der Waals surface area contributed by atoms with Crippen molar-refractivity contribution in [2.75, 3.05) is 0 Å². The van der Waals surface area contributed by atoms with Gasteiger partial charge < -0.3 is 0 Å². The van der Waals surface area contributed by atoms with Crippen molar-refractivity contribution >= 4 is 17.3 Å². The van der Waals surface area contributed by atoms with Crippen molar-refractivity contribution in [1.82, 2.24) is 0 Å². The summed E-state index contributed by atoms with van der Waals surface area (Å²) in [5, 5.41) is 0.457. The Labute approximate surface area is 130 Å². The van der Waals surface area contributed by atoms with Crippen molar-refractivity contribution < 1.29 is 0 Å². The molecule has 0 aromatic heterocycles. The van der Waals surface area contributed by atoms with E-state index >= 15 is 0 Å². The number of benzene rings is 1. The number of nitrogens with zero attached hydrogens (tertiary/aromatic N) is 1. The summed E-state index contributed by atoms with van der Waals surface area (Å²) in [4.78, 5) is 4.32. The Bertz CT molecular complexity index is 412. The smallest absolute Gasteiger partial charge is 0.0881 e. The minimum absolute atomic E-state index is 0.457. The molecule has 0 atom stereocenters. The molecule has 2 heteroatoms. The van der Waals surface area contributed by atoms with Crippen LogP contribution in [0.3, 0.4) is 0 Å². The molecule has 0 aliphatic rings. The molecular formula is C18H28ClN. The highest BCUT2D eigenvalue weighted by molar-refractivity contribution is 6.46. The summed E-state index contributed by atoms with van der Waals surface area (Å²) in [6, 6.07) is 9.79. The van der Waals surface area contributed by atoms with E-state index in [1.165, 1.54) is 6.42 Å². The highest BCUT2D eigenvalue weighted by Gasteiger charge is 2.03. The van der Waals surface area contributed by atoms with Crippen LogP contribution < -0.4 is 0 Å². The van der Waals surface area contributed by atoms with Gasteiger partial charge in [-0.1, -0.05) is 88.2 Å². The van der Waals surface area contributed by atoms with E-state index in [2.05, 4.69) is 25.4 Å². The summed E-state index contributed by atoms with van der Waals surface area (Å²) in [7, 11) is 0. The molecular weight excluding hydrogens is 266 g/mol. The van der Waals surface area contributed by atoms with Crippen molar-refractivity contribution in [2.45, 2.75) is 48.0 Å². The molecule has 0 spiro atoms. The summed E-state index contributed by atoms with van der Waals surface area (Å²) in [5.74, 6) is 0. The first-order valence-corrected chi connectivity index (χ1v) is 7.52. The molecule has 0 aliphatic carbocycles. The normalized spacial score (nSPS) is 9.45. The van der Waals surface area contributed by atoms with Crippen molar-refractivity contribution in [2.24, 2.45) is 4.99 Å². The third-order valence-electron chi connectivity index (χ3n) is 1.76. The van der Waals surface area contributed by atoms with Crippen LogP contribution in [0.2, 0.25) is 0 Å². The molecule has 0 radical (unpaired) electrons. The van der Waals surface area contributed by atoms with E-state index in [0.717, 1.165) is 16.8 Å². The molecule has 0 amide bonds. The Morgan fingerprint density at radius 1 is 1.15 bits per heavy atom. The molecule has 0 aliphatic heterocycles. The summed E-state index contributed by atoms with van der Waals surface area (Å²) in [6.45, 7) is 15.9. The minimum Gasteiger partial charge on any atom is -0.255 e. The fourth-order valence-electron chi connectivity index (χ4n) is 1.09. The molecule has 20 heavy (non-hydrogen) atoms. The van der Waals surface area contributed by atoms with Gasteiger partial charge in [0.25, 0.3) is 0 Å². The first-order chi connectivity index (χ1) is 9.52. The average Bonchev–Trinajstić information content (AvgIpc) is 2.42. The average molecular weight is 294 g/mol. The van der Waals surface area contributed by atoms with Gasteiger partial charge in [0, 0.05) is 11.8 Å². The Balaban J connectivity index is 0. The van der Waals surface area contributed by atoms with Gasteiger partial charge >= 0.3 is 0 Å². The van der Waals surface area contributed by atoms with Crippen molar-refractivity contribution in [1.29, 1.82) is 0 Å². The molecule has 0 unspecified atom stereocenters. The predicted molar refractivity (Wildman–Crippen MR) is 94.7 cm³/mol. The van der Waals surface area contributed by atoms with Crippen LogP contribution in [-0.4, -0.2) is 5.71 Å². The number of allylic oxidation sites excluding steroid dienone is 2. The van der Waals surface area contributed by atoms with Gasteiger partial charge in [-0.25, -0.2) is 0 Å². The van der Waals surface area contributed by atoms with Crippen LogP contribution in [0.25, 0.3) is 0 Å². The molecule has 0 fully saturated rings. The Morgan fingerprint density at radius 3 is 1.95 bits per heavy atom. The van der Waals surface area contributed by atoms with Crippen LogP contribution >= 0.6 is 11.6 Å². The van der Waals surface area contributed by atoms with Gasteiger partial charge in [0.15, 0.2) is 0 Å². The third kappa shape index (κ3) is 10.6. The van der Waals surface area contributed by atoms with Crippen LogP contribution in [0, 0.1) is 0 Å². The van der Waals surface area contributed by atoms with Crippen molar-refractivity contribution in [3.8, 4) is 0 Å². The quantitative estimate of drug-likeness (QED) is 0.557. The summed E-state index contributed by atoms with van der Waals surface area (Å²) < 4.78 is 0. The van der Waals surface area contributed by atoms with Gasteiger partial charge in [-0.05, 0) is 13.8 Å². The fraction of sp³-hybridized carbons (Fsp3) is 0.389. The molecule has 1 nitrogen and oxygen atoms in total. The highest BCUT2D eigenvalue weighted by Crippen LogP contribution is 2.12. The van der Waals surface area contributed by atoms with Crippen LogP contribution in [0.5, 0.6) is 0 Å². The number of hydrogen-bond acceptors (Lipinski definition) is 1. The maximum absolute atomic E-state index is 5.91. The second-order valence-electron chi connectivity index (χ2n) is 4.16. The molecule has 1 aromatic rings. The summed E-state index contributed by atoms with van der Waals surface area (Å²) >= 11 is 5.91. The maximum Gasteiger partial charge on any atom is 0.0881 e. The van der Waals surface area contributed by atoms with Crippen LogP contribution in [0.15, 0.2) is 58.7 Å². The monoisotopic (exact) mass is 293 g/mol. The lowest BCUT2D eigenvalue weighted by Crippen LogP contribution is -1.99. The molecule has 1 aromatic carbocycles. The standard InChI is InChI=1S/C13H14ClN.C3H8.C2H6/c1-10(2)9-15-13(11(3)14)12-7-5-4-6-8-12;1-3-2;1-2/h4-9H,3H2,1-2H3;3H2,1-2H3;1-2H3. The van der Waals surface area contributed by atoms with Gasteiger partial charge in [-0.3, -0.25) is 4.99 Å². The summed E-state index contributed by atoms with van der Waals surface area (Å²) in [5.41, 5.74) is 2.83. The maximum atomic E-state index is 5.91. The molecule has 0 saturated heterocycles. The molecule has 0 heterocycles. The lowest BCUT2D eigenvalue weighted by molar-refractivity contribution is 1.09. The number of aliphatic imine (C=N–C) groups is 1.